The van der Waals surface area contributed by atoms with Gasteiger partial charge in [0, 0.05) is 7.05 Å². The third kappa shape index (κ3) is 2.82. The molecule has 0 atom stereocenters. The van der Waals surface area contributed by atoms with Crippen molar-refractivity contribution in [1.82, 2.24) is 9.97 Å². The highest BCUT2D eigenvalue weighted by atomic mass is 35.5. The summed E-state index contributed by atoms with van der Waals surface area (Å²) in [5.74, 6) is 1.61. The van der Waals surface area contributed by atoms with Crippen molar-refractivity contribution in [3.63, 3.8) is 0 Å². The highest BCUT2D eigenvalue weighted by molar-refractivity contribution is 6.31. The van der Waals surface area contributed by atoms with E-state index in [0.29, 0.717) is 12.3 Å². The van der Waals surface area contributed by atoms with Gasteiger partial charge < -0.3 is 9.32 Å². The second-order valence-corrected chi connectivity index (χ2v) is 4.32. The Labute approximate surface area is 114 Å². The minimum Gasteiger partial charge on any atom is -0.464 e. The lowest BCUT2D eigenvalue weighted by Gasteiger charge is -2.16. The molecule has 0 unspecified atom stereocenters. The van der Waals surface area contributed by atoms with Gasteiger partial charge in [0.1, 0.15) is 17.8 Å². The summed E-state index contributed by atoms with van der Waals surface area (Å²) in [5.41, 5.74) is -0.310. The number of rotatable bonds is 4. The first-order chi connectivity index (χ1) is 8.99. The van der Waals surface area contributed by atoms with Gasteiger partial charge in [-0.2, -0.15) is 0 Å². The first-order valence-corrected chi connectivity index (χ1v) is 5.78. The summed E-state index contributed by atoms with van der Waals surface area (Å²) in [5, 5.41) is 10.8. The molecule has 0 saturated carbocycles. The van der Waals surface area contributed by atoms with Crippen LogP contribution in [0.4, 0.5) is 11.5 Å². The standard InChI is InChI=1S/C11H11ClN4O3/c1-7-3-4-8(19-7)5-15(2)11-9(16(17)18)10(12)13-6-14-11/h3-4,6H,5H2,1-2H3. The lowest BCUT2D eigenvalue weighted by Crippen LogP contribution is -2.19. The minimum atomic E-state index is -0.596. The van der Waals surface area contributed by atoms with Crippen LogP contribution < -0.4 is 4.90 Å². The fourth-order valence-electron chi connectivity index (χ4n) is 1.66. The Morgan fingerprint density at radius 3 is 2.79 bits per heavy atom. The summed E-state index contributed by atoms with van der Waals surface area (Å²) in [6, 6.07) is 3.63. The molecule has 8 heteroatoms. The zero-order chi connectivity index (χ0) is 14.0. The van der Waals surface area contributed by atoms with E-state index in [0.717, 1.165) is 5.76 Å². The molecule has 100 valence electrons. The van der Waals surface area contributed by atoms with Crippen molar-refractivity contribution in [2.24, 2.45) is 0 Å². The van der Waals surface area contributed by atoms with Crippen LogP contribution in [-0.4, -0.2) is 21.9 Å². The Balaban J connectivity index is 2.31. The van der Waals surface area contributed by atoms with Gasteiger partial charge in [-0.15, -0.1) is 0 Å². The second-order valence-electron chi connectivity index (χ2n) is 3.96. The monoisotopic (exact) mass is 282 g/mol. The van der Waals surface area contributed by atoms with E-state index < -0.39 is 4.92 Å². The first kappa shape index (κ1) is 13.3. The average Bonchev–Trinajstić information content (AvgIpc) is 2.73. The van der Waals surface area contributed by atoms with Crippen LogP contribution in [0, 0.1) is 17.0 Å². The van der Waals surface area contributed by atoms with Crippen molar-refractivity contribution in [3.8, 4) is 0 Å². The van der Waals surface area contributed by atoms with Gasteiger partial charge in [0.25, 0.3) is 0 Å². The molecule has 0 fully saturated rings. The maximum absolute atomic E-state index is 11.0. The molecule has 0 saturated heterocycles. The zero-order valence-electron chi connectivity index (χ0n) is 10.3. The fraction of sp³-hybridized carbons (Fsp3) is 0.273. The summed E-state index contributed by atoms with van der Waals surface area (Å²) in [7, 11) is 1.67. The molecule has 2 heterocycles. The van der Waals surface area contributed by atoms with Crippen LogP contribution in [-0.2, 0) is 6.54 Å². The quantitative estimate of drug-likeness (QED) is 0.487. The Kier molecular flexibility index (Phi) is 3.66. The zero-order valence-corrected chi connectivity index (χ0v) is 11.1. The van der Waals surface area contributed by atoms with E-state index in [1.807, 2.05) is 13.0 Å². The number of hydrogen-bond donors (Lipinski definition) is 0. The molecule has 0 N–H and O–H groups in total. The van der Waals surface area contributed by atoms with Crippen LogP contribution in [0.2, 0.25) is 5.15 Å². The van der Waals surface area contributed by atoms with Gasteiger partial charge in [0.05, 0.1) is 11.5 Å². The smallest absolute Gasteiger partial charge is 0.348 e. The number of anilines is 1. The number of nitrogens with zero attached hydrogens (tertiary/aromatic N) is 4. The van der Waals surface area contributed by atoms with Crippen molar-refractivity contribution >= 4 is 23.1 Å². The van der Waals surface area contributed by atoms with Crippen molar-refractivity contribution in [2.45, 2.75) is 13.5 Å². The molecular weight excluding hydrogens is 272 g/mol. The number of hydrogen-bond acceptors (Lipinski definition) is 6. The van der Waals surface area contributed by atoms with Crippen LogP contribution in [0.5, 0.6) is 0 Å². The third-order valence-corrected chi connectivity index (χ3v) is 2.77. The van der Waals surface area contributed by atoms with Crippen molar-refractivity contribution in [1.29, 1.82) is 0 Å². The maximum atomic E-state index is 11.0. The first-order valence-electron chi connectivity index (χ1n) is 5.40. The lowest BCUT2D eigenvalue weighted by atomic mass is 10.3. The molecule has 2 aromatic rings. The predicted molar refractivity (Wildman–Crippen MR) is 69.2 cm³/mol. The molecule has 0 spiro atoms. The minimum absolute atomic E-state index is 0.152. The normalized spacial score (nSPS) is 10.5. The Hall–Kier alpha value is -2.15. The van der Waals surface area contributed by atoms with E-state index in [1.165, 1.54) is 6.33 Å². The summed E-state index contributed by atoms with van der Waals surface area (Å²) >= 11 is 5.73. The van der Waals surface area contributed by atoms with Crippen LogP contribution in [0.15, 0.2) is 22.9 Å². The maximum Gasteiger partial charge on any atom is 0.348 e. The molecule has 7 nitrogen and oxygen atoms in total. The Bertz CT molecular complexity index is 614. The molecule has 2 aromatic heterocycles. The molecule has 0 aromatic carbocycles. The molecule has 0 radical (unpaired) electrons. The van der Waals surface area contributed by atoms with Crippen molar-refractivity contribution in [3.05, 3.63) is 45.2 Å². The molecule has 2 rings (SSSR count). The van der Waals surface area contributed by atoms with Crippen LogP contribution in [0.25, 0.3) is 0 Å². The van der Waals surface area contributed by atoms with Gasteiger partial charge in [-0.1, -0.05) is 11.6 Å². The number of halogens is 1. The topological polar surface area (TPSA) is 85.3 Å². The van der Waals surface area contributed by atoms with Crippen molar-refractivity contribution < 1.29 is 9.34 Å². The fourth-order valence-corrected chi connectivity index (χ4v) is 1.86. The van der Waals surface area contributed by atoms with E-state index in [-0.39, 0.29) is 16.7 Å². The largest absolute Gasteiger partial charge is 0.464 e. The molecule has 0 bridgehead atoms. The summed E-state index contributed by atoms with van der Waals surface area (Å²) in [4.78, 5) is 19.5. The SMILES string of the molecule is Cc1ccc(CN(C)c2ncnc(Cl)c2[N+](=O)[O-])o1. The Morgan fingerprint density at radius 1 is 1.47 bits per heavy atom. The molecule has 19 heavy (non-hydrogen) atoms. The predicted octanol–water partition coefficient (Wildman–Crippen LogP) is 2.58. The van der Waals surface area contributed by atoms with Crippen molar-refractivity contribution in [2.75, 3.05) is 11.9 Å². The molecule has 0 aliphatic rings. The molecule has 0 amide bonds. The van der Waals surface area contributed by atoms with E-state index in [1.54, 1.807) is 18.0 Å². The van der Waals surface area contributed by atoms with Gasteiger partial charge in [0.15, 0.2) is 0 Å². The van der Waals surface area contributed by atoms with Gasteiger partial charge in [-0.25, -0.2) is 9.97 Å². The van der Waals surface area contributed by atoms with E-state index >= 15 is 0 Å². The van der Waals surface area contributed by atoms with Gasteiger partial charge in [-0.3, -0.25) is 10.1 Å². The summed E-state index contributed by atoms with van der Waals surface area (Å²) in [6.45, 7) is 2.18. The molecular formula is C11H11ClN4O3. The third-order valence-electron chi connectivity index (χ3n) is 2.49. The highest BCUT2D eigenvalue weighted by Gasteiger charge is 2.24. The molecule has 0 aliphatic heterocycles. The summed E-state index contributed by atoms with van der Waals surface area (Å²) < 4.78 is 5.42. The summed E-state index contributed by atoms with van der Waals surface area (Å²) in [6.07, 6.45) is 1.19. The van der Waals surface area contributed by atoms with E-state index in [4.69, 9.17) is 16.0 Å². The van der Waals surface area contributed by atoms with E-state index in [9.17, 15) is 10.1 Å². The van der Waals surface area contributed by atoms with Gasteiger partial charge in [-0.05, 0) is 19.1 Å². The highest BCUT2D eigenvalue weighted by Crippen LogP contribution is 2.31. The van der Waals surface area contributed by atoms with Gasteiger partial charge >= 0.3 is 5.69 Å². The number of furan rings is 1. The van der Waals surface area contributed by atoms with Crippen LogP contribution in [0.1, 0.15) is 11.5 Å². The number of aromatic nitrogens is 2. The molecule has 0 aliphatic carbocycles. The average molecular weight is 283 g/mol. The van der Waals surface area contributed by atoms with Crippen LogP contribution in [0.3, 0.4) is 0 Å². The van der Waals surface area contributed by atoms with Gasteiger partial charge in [0.2, 0.25) is 11.0 Å². The Morgan fingerprint density at radius 2 is 2.21 bits per heavy atom. The number of nitro groups is 1. The lowest BCUT2D eigenvalue weighted by molar-refractivity contribution is -0.384. The number of aryl methyl sites for hydroxylation is 1. The second kappa shape index (κ2) is 5.23. The van der Waals surface area contributed by atoms with Crippen LogP contribution >= 0.6 is 11.6 Å². The van der Waals surface area contributed by atoms with E-state index in [2.05, 4.69) is 9.97 Å².